The van der Waals surface area contributed by atoms with E-state index in [-0.39, 0.29) is 16.3 Å². The van der Waals surface area contributed by atoms with E-state index in [0.29, 0.717) is 6.61 Å². The van der Waals surface area contributed by atoms with Crippen LogP contribution in [0.4, 0.5) is 0 Å². The van der Waals surface area contributed by atoms with E-state index in [1.54, 1.807) is 19.2 Å². The fourth-order valence-corrected chi connectivity index (χ4v) is 3.01. The number of rotatable bonds is 6. The average molecular weight is 423 g/mol. The Bertz CT molecular complexity index is 1160. The Labute approximate surface area is 178 Å². The SMILES string of the molecule is CCOC(=O)/C=C/c1ccc(/C=N/NC(=O)c2ccc(O)c(Cl)c2)c2ccccc12. The number of hydrogen-bond donors (Lipinski definition) is 2. The van der Waals surface area contributed by atoms with Crippen LogP contribution in [0.1, 0.15) is 28.4 Å². The van der Waals surface area contributed by atoms with E-state index >= 15 is 0 Å². The number of aromatic hydroxyl groups is 1. The zero-order valence-corrected chi connectivity index (χ0v) is 16.9. The second-order valence-electron chi connectivity index (χ2n) is 6.24. The van der Waals surface area contributed by atoms with Crippen LogP contribution in [0.3, 0.4) is 0 Å². The second-order valence-corrected chi connectivity index (χ2v) is 6.65. The van der Waals surface area contributed by atoms with Crippen molar-refractivity contribution in [1.29, 1.82) is 0 Å². The van der Waals surface area contributed by atoms with E-state index in [1.165, 1.54) is 24.3 Å². The number of nitrogens with zero attached hydrogens (tertiary/aromatic N) is 1. The number of amides is 1. The van der Waals surface area contributed by atoms with Crippen molar-refractivity contribution >= 4 is 46.5 Å². The van der Waals surface area contributed by atoms with Gasteiger partial charge < -0.3 is 9.84 Å². The van der Waals surface area contributed by atoms with Crippen molar-refractivity contribution in [3.05, 3.63) is 82.4 Å². The molecule has 30 heavy (non-hydrogen) atoms. The van der Waals surface area contributed by atoms with E-state index in [2.05, 4.69) is 10.5 Å². The van der Waals surface area contributed by atoms with Gasteiger partial charge in [0.25, 0.3) is 5.91 Å². The maximum Gasteiger partial charge on any atom is 0.330 e. The van der Waals surface area contributed by atoms with Crippen LogP contribution in [-0.2, 0) is 9.53 Å². The van der Waals surface area contributed by atoms with Crippen LogP contribution in [0.5, 0.6) is 5.75 Å². The largest absolute Gasteiger partial charge is 0.506 e. The Hall–Kier alpha value is -3.64. The minimum atomic E-state index is -0.452. The van der Waals surface area contributed by atoms with Crippen LogP contribution in [0.15, 0.2) is 65.8 Å². The quantitative estimate of drug-likeness (QED) is 0.264. The van der Waals surface area contributed by atoms with E-state index in [9.17, 15) is 14.7 Å². The molecule has 0 fully saturated rings. The molecule has 1 amide bonds. The average Bonchev–Trinajstić information content (AvgIpc) is 2.75. The van der Waals surface area contributed by atoms with E-state index < -0.39 is 11.9 Å². The lowest BCUT2D eigenvalue weighted by atomic mass is 10.00. The van der Waals surface area contributed by atoms with Gasteiger partial charge in [0, 0.05) is 17.2 Å². The smallest absolute Gasteiger partial charge is 0.330 e. The van der Waals surface area contributed by atoms with Crippen molar-refractivity contribution in [3.63, 3.8) is 0 Å². The summed E-state index contributed by atoms with van der Waals surface area (Å²) >= 11 is 5.83. The Morgan fingerprint density at radius 3 is 2.50 bits per heavy atom. The van der Waals surface area contributed by atoms with Crippen LogP contribution >= 0.6 is 11.6 Å². The fourth-order valence-electron chi connectivity index (χ4n) is 2.82. The molecule has 0 aliphatic heterocycles. The summed E-state index contributed by atoms with van der Waals surface area (Å²) < 4.78 is 4.92. The Morgan fingerprint density at radius 2 is 1.80 bits per heavy atom. The molecule has 0 aromatic heterocycles. The van der Waals surface area contributed by atoms with Crippen molar-refractivity contribution < 1.29 is 19.4 Å². The molecular formula is C23H19ClN2O4. The first-order valence-electron chi connectivity index (χ1n) is 9.18. The highest BCUT2D eigenvalue weighted by molar-refractivity contribution is 6.32. The zero-order valence-electron chi connectivity index (χ0n) is 16.1. The Kier molecular flexibility index (Phi) is 6.83. The van der Waals surface area contributed by atoms with Crippen molar-refractivity contribution in [2.45, 2.75) is 6.92 Å². The highest BCUT2D eigenvalue weighted by atomic mass is 35.5. The van der Waals surface area contributed by atoms with E-state index in [1.807, 2.05) is 36.4 Å². The van der Waals surface area contributed by atoms with Crippen LogP contribution < -0.4 is 5.43 Å². The van der Waals surface area contributed by atoms with Gasteiger partial charge in [0.2, 0.25) is 0 Å². The number of benzene rings is 3. The molecule has 0 saturated carbocycles. The first kappa shape index (κ1) is 21.1. The number of phenolic OH excluding ortho intramolecular Hbond substituents is 1. The number of ether oxygens (including phenoxy) is 1. The van der Waals surface area contributed by atoms with Crippen LogP contribution in [0.25, 0.3) is 16.8 Å². The van der Waals surface area contributed by atoms with Gasteiger partial charge in [0.1, 0.15) is 5.75 Å². The van der Waals surface area contributed by atoms with Gasteiger partial charge in [-0.15, -0.1) is 0 Å². The molecule has 0 aliphatic carbocycles. The third-order valence-electron chi connectivity index (χ3n) is 4.26. The topological polar surface area (TPSA) is 88.0 Å². The molecule has 0 saturated heterocycles. The molecule has 3 rings (SSSR count). The lowest BCUT2D eigenvalue weighted by molar-refractivity contribution is -0.137. The number of phenols is 1. The molecule has 6 nitrogen and oxygen atoms in total. The van der Waals surface area contributed by atoms with Gasteiger partial charge in [-0.05, 0) is 47.5 Å². The van der Waals surface area contributed by atoms with Gasteiger partial charge >= 0.3 is 5.97 Å². The first-order valence-corrected chi connectivity index (χ1v) is 9.56. The predicted molar refractivity (Wildman–Crippen MR) is 118 cm³/mol. The molecule has 7 heteroatoms. The van der Waals surface area contributed by atoms with Gasteiger partial charge in [-0.3, -0.25) is 4.79 Å². The highest BCUT2D eigenvalue weighted by Crippen LogP contribution is 2.24. The zero-order chi connectivity index (χ0) is 21.5. The van der Waals surface area contributed by atoms with Crippen molar-refractivity contribution in [1.82, 2.24) is 5.43 Å². The normalized spacial score (nSPS) is 11.3. The summed E-state index contributed by atoms with van der Waals surface area (Å²) in [6.07, 6.45) is 4.64. The maximum absolute atomic E-state index is 12.2. The standard InChI is InChI=1S/C23H19ClN2O4/c1-2-30-22(28)12-10-15-7-8-17(19-6-4-3-5-18(15)19)14-25-26-23(29)16-9-11-21(27)20(24)13-16/h3-14,27H,2H2,1H3,(H,26,29)/b12-10+,25-14+. The molecule has 152 valence electrons. The van der Waals surface area contributed by atoms with Crippen molar-refractivity contribution in [3.8, 4) is 5.75 Å². The number of carbonyl (C=O) groups is 2. The first-order chi connectivity index (χ1) is 14.5. The number of halogens is 1. The van der Waals surface area contributed by atoms with Gasteiger partial charge in [-0.25, -0.2) is 10.2 Å². The number of esters is 1. The van der Waals surface area contributed by atoms with Crippen molar-refractivity contribution in [2.75, 3.05) is 6.61 Å². The second kappa shape index (κ2) is 9.71. The number of nitrogens with one attached hydrogen (secondary N) is 1. The van der Waals surface area contributed by atoms with Gasteiger partial charge in [0.15, 0.2) is 0 Å². The molecule has 0 atom stereocenters. The maximum atomic E-state index is 12.2. The number of carbonyl (C=O) groups excluding carboxylic acids is 2. The van der Waals surface area contributed by atoms with E-state index in [4.69, 9.17) is 16.3 Å². The number of hydrogen-bond acceptors (Lipinski definition) is 5. The van der Waals surface area contributed by atoms with Gasteiger partial charge in [-0.2, -0.15) is 5.10 Å². The Morgan fingerprint density at radius 1 is 1.10 bits per heavy atom. The van der Waals surface area contributed by atoms with Crippen LogP contribution in [0.2, 0.25) is 5.02 Å². The van der Waals surface area contributed by atoms with Crippen molar-refractivity contribution in [2.24, 2.45) is 5.10 Å². The minimum Gasteiger partial charge on any atom is -0.506 e. The number of fused-ring (bicyclic) bond motifs is 1. The van der Waals surface area contributed by atoms with Gasteiger partial charge in [0.05, 0.1) is 17.8 Å². The molecule has 0 spiro atoms. The highest BCUT2D eigenvalue weighted by Gasteiger charge is 2.08. The lowest BCUT2D eigenvalue weighted by Crippen LogP contribution is -2.17. The predicted octanol–water partition coefficient (Wildman–Crippen LogP) is 4.54. The fraction of sp³-hybridized carbons (Fsp3) is 0.0870. The molecule has 3 aromatic rings. The molecule has 0 unspecified atom stereocenters. The Balaban J connectivity index is 1.81. The monoisotopic (exact) mass is 422 g/mol. The summed E-state index contributed by atoms with van der Waals surface area (Å²) in [6, 6.07) is 15.5. The van der Waals surface area contributed by atoms with E-state index in [0.717, 1.165) is 21.9 Å². The molecule has 0 aliphatic rings. The third-order valence-corrected chi connectivity index (χ3v) is 4.56. The molecule has 2 N–H and O–H groups in total. The molecular weight excluding hydrogens is 404 g/mol. The van der Waals surface area contributed by atoms with Crippen LogP contribution in [-0.4, -0.2) is 29.8 Å². The minimum absolute atomic E-state index is 0.0871. The summed E-state index contributed by atoms with van der Waals surface area (Å²) in [5.41, 5.74) is 4.37. The molecule has 0 radical (unpaired) electrons. The summed E-state index contributed by atoms with van der Waals surface area (Å²) in [6.45, 7) is 2.08. The summed E-state index contributed by atoms with van der Waals surface area (Å²) in [5.74, 6) is -0.948. The van der Waals surface area contributed by atoms with Crippen LogP contribution in [0, 0.1) is 0 Å². The lowest BCUT2D eigenvalue weighted by Gasteiger charge is -2.06. The molecule has 0 heterocycles. The van der Waals surface area contributed by atoms with Gasteiger partial charge in [-0.1, -0.05) is 48.0 Å². The third kappa shape index (κ3) is 5.04. The molecule has 3 aromatic carbocycles. The summed E-state index contributed by atoms with van der Waals surface area (Å²) in [5, 5.41) is 15.4. The molecule has 0 bridgehead atoms. The summed E-state index contributed by atoms with van der Waals surface area (Å²) in [4.78, 5) is 23.8. The number of hydrazone groups is 1. The summed E-state index contributed by atoms with van der Waals surface area (Å²) in [7, 11) is 0.